The first-order chi connectivity index (χ1) is 10.2. The SMILES string of the molecule is Cc1nc(-c2ccsc2)ccc1C(=O)N1CCNC[C@@H]1C.Cl.Cl. The van der Waals surface area contributed by atoms with Crippen LogP contribution < -0.4 is 5.32 Å². The molecule has 23 heavy (non-hydrogen) atoms. The van der Waals surface area contributed by atoms with Crippen LogP contribution in [0.15, 0.2) is 29.0 Å². The van der Waals surface area contributed by atoms with E-state index in [2.05, 4.69) is 22.6 Å². The summed E-state index contributed by atoms with van der Waals surface area (Å²) in [5, 5.41) is 7.41. The first-order valence-electron chi connectivity index (χ1n) is 7.18. The van der Waals surface area contributed by atoms with Crippen molar-refractivity contribution in [1.82, 2.24) is 15.2 Å². The Morgan fingerprint density at radius 3 is 2.74 bits per heavy atom. The molecule has 0 aromatic carbocycles. The van der Waals surface area contributed by atoms with E-state index >= 15 is 0 Å². The van der Waals surface area contributed by atoms with Crippen LogP contribution in [0.1, 0.15) is 23.0 Å². The molecule has 126 valence electrons. The summed E-state index contributed by atoms with van der Waals surface area (Å²) in [5.41, 5.74) is 3.55. The quantitative estimate of drug-likeness (QED) is 0.877. The number of hydrogen-bond acceptors (Lipinski definition) is 4. The highest BCUT2D eigenvalue weighted by Gasteiger charge is 2.25. The third kappa shape index (κ3) is 4.23. The summed E-state index contributed by atoms with van der Waals surface area (Å²) in [6, 6.07) is 6.12. The van der Waals surface area contributed by atoms with Crippen LogP contribution in [0.4, 0.5) is 0 Å². The largest absolute Gasteiger partial charge is 0.333 e. The van der Waals surface area contributed by atoms with E-state index in [4.69, 9.17) is 0 Å². The monoisotopic (exact) mass is 373 g/mol. The molecule has 1 amide bonds. The summed E-state index contributed by atoms with van der Waals surface area (Å²) in [7, 11) is 0. The van der Waals surface area contributed by atoms with Crippen molar-refractivity contribution in [2.75, 3.05) is 19.6 Å². The molecule has 7 heteroatoms. The number of piperazine rings is 1. The van der Waals surface area contributed by atoms with Crippen LogP contribution in [0.2, 0.25) is 0 Å². The molecule has 2 aromatic rings. The predicted molar refractivity (Wildman–Crippen MR) is 100 cm³/mol. The number of thiophene rings is 1. The second-order valence-electron chi connectivity index (χ2n) is 5.39. The van der Waals surface area contributed by atoms with E-state index < -0.39 is 0 Å². The van der Waals surface area contributed by atoms with Crippen LogP contribution in [0.3, 0.4) is 0 Å². The van der Waals surface area contributed by atoms with Gasteiger partial charge >= 0.3 is 0 Å². The maximum atomic E-state index is 12.7. The molecule has 0 bridgehead atoms. The van der Waals surface area contributed by atoms with E-state index in [-0.39, 0.29) is 36.8 Å². The standard InChI is InChI=1S/C16H19N3OS.2ClH/c1-11-9-17-6-7-19(11)16(20)14-3-4-15(18-12(14)2)13-5-8-21-10-13;;/h3-5,8,10-11,17H,6-7,9H2,1-2H3;2*1H/t11-;;/m0../s1. The van der Waals surface area contributed by atoms with Crippen molar-refractivity contribution in [2.24, 2.45) is 0 Å². The fourth-order valence-corrected chi connectivity index (χ4v) is 3.31. The minimum atomic E-state index is 0. The van der Waals surface area contributed by atoms with Crippen molar-refractivity contribution in [3.63, 3.8) is 0 Å². The molecule has 2 aromatic heterocycles. The fourth-order valence-electron chi connectivity index (χ4n) is 2.66. The van der Waals surface area contributed by atoms with Gasteiger partial charge in [-0.2, -0.15) is 11.3 Å². The van der Waals surface area contributed by atoms with Gasteiger partial charge in [0, 0.05) is 36.6 Å². The Kier molecular flexibility index (Phi) is 7.48. The molecule has 1 aliphatic heterocycles. The van der Waals surface area contributed by atoms with E-state index in [0.29, 0.717) is 5.56 Å². The minimum Gasteiger partial charge on any atom is -0.333 e. The lowest BCUT2D eigenvalue weighted by Gasteiger charge is -2.34. The molecule has 4 nitrogen and oxygen atoms in total. The van der Waals surface area contributed by atoms with E-state index in [1.54, 1.807) is 11.3 Å². The molecule has 1 aliphatic rings. The van der Waals surface area contributed by atoms with Gasteiger partial charge in [0.15, 0.2) is 0 Å². The molecular weight excluding hydrogens is 353 g/mol. The number of halogens is 2. The third-order valence-electron chi connectivity index (χ3n) is 3.90. The molecule has 1 atom stereocenters. The van der Waals surface area contributed by atoms with Crippen LogP contribution >= 0.6 is 36.2 Å². The number of carbonyl (C=O) groups excluding carboxylic acids is 1. The van der Waals surface area contributed by atoms with Gasteiger partial charge in [-0.3, -0.25) is 9.78 Å². The molecule has 1 N–H and O–H groups in total. The smallest absolute Gasteiger partial charge is 0.256 e. The van der Waals surface area contributed by atoms with Gasteiger partial charge in [0.05, 0.1) is 17.0 Å². The summed E-state index contributed by atoms with van der Waals surface area (Å²) < 4.78 is 0. The number of aryl methyl sites for hydroxylation is 1. The van der Waals surface area contributed by atoms with Gasteiger partial charge in [-0.05, 0) is 37.4 Å². The minimum absolute atomic E-state index is 0. The highest BCUT2D eigenvalue weighted by Crippen LogP contribution is 2.22. The van der Waals surface area contributed by atoms with Gasteiger partial charge in [0.1, 0.15) is 0 Å². The normalized spacial score (nSPS) is 17.1. The Labute approximate surface area is 153 Å². The molecule has 0 aliphatic carbocycles. The number of pyridine rings is 1. The van der Waals surface area contributed by atoms with Gasteiger partial charge in [-0.1, -0.05) is 0 Å². The molecule has 0 unspecified atom stereocenters. The predicted octanol–water partition coefficient (Wildman–Crippen LogP) is 3.40. The van der Waals surface area contributed by atoms with Gasteiger partial charge in [0.25, 0.3) is 5.91 Å². The molecule has 3 heterocycles. The second kappa shape index (κ2) is 8.64. The van der Waals surface area contributed by atoms with E-state index in [9.17, 15) is 4.79 Å². The maximum absolute atomic E-state index is 12.7. The molecule has 1 saturated heterocycles. The molecular formula is C16H21Cl2N3OS. The number of amides is 1. The summed E-state index contributed by atoms with van der Waals surface area (Å²) >= 11 is 1.65. The van der Waals surface area contributed by atoms with Crippen LogP contribution in [0.5, 0.6) is 0 Å². The summed E-state index contributed by atoms with van der Waals surface area (Å²) in [5.74, 6) is 0.0888. The molecule has 0 radical (unpaired) electrons. The lowest BCUT2D eigenvalue weighted by Crippen LogP contribution is -2.52. The second-order valence-corrected chi connectivity index (χ2v) is 6.17. The lowest BCUT2D eigenvalue weighted by molar-refractivity contribution is 0.0654. The average Bonchev–Trinajstić information content (AvgIpc) is 3.01. The van der Waals surface area contributed by atoms with Crippen molar-refractivity contribution >= 4 is 42.1 Å². The first kappa shape index (κ1) is 19.9. The number of rotatable bonds is 2. The van der Waals surface area contributed by atoms with Crippen LogP contribution in [0.25, 0.3) is 11.3 Å². The molecule has 0 spiro atoms. The highest BCUT2D eigenvalue weighted by atomic mass is 35.5. The zero-order valence-corrected chi connectivity index (χ0v) is 15.6. The Morgan fingerprint density at radius 2 is 2.13 bits per heavy atom. The summed E-state index contributed by atoms with van der Waals surface area (Å²) in [6.07, 6.45) is 0. The Hall–Kier alpha value is -1.14. The number of carbonyl (C=O) groups is 1. The van der Waals surface area contributed by atoms with Crippen molar-refractivity contribution < 1.29 is 4.79 Å². The lowest BCUT2D eigenvalue weighted by atomic mass is 10.1. The van der Waals surface area contributed by atoms with Crippen LogP contribution in [-0.4, -0.2) is 41.5 Å². The number of aromatic nitrogens is 1. The van der Waals surface area contributed by atoms with E-state index in [1.165, 1.54) is 0 Å². The topological polar surface area (TPSA) is 45.2 Å². The number of hydrogen-bond donors (Lipinski definition) is 1. The fraction of sp³-hybridized carbons (Fsp3) is 0.375. The van der Waals surface area contributed by atoms with Gasteiger partial charge in [-0.25, -0.2) is 0 Å². The van der Waals surface area contributed by atoms with E-state index in [0.717, 1.165) is 36.6 Å². The van der Waals surface area contributed by atoms with E-state index in [1.807, 2.05) is 35.4 Å². The van der Waals surface area contributed by atoms with Crippen LogP contribution in [0, 0.1) is 6.92 Å². The Morgan fingerprint density at radius 1 is 1.35 bits per heavy atom. The highest BCUT2D eigenvalue weighted by molar-refractivity contribution is 7.08. The molecule has 0 saturated carbocycles. The molecule has 3 rings (SSSR count). The zero-order chi connectivity index (χ0) is 14.8. The van der Waals surface area contributed by atoms with Crippen molar-refractivity contribution in [1.29, 1.82) is 0 Å². The Balaban J connectivity index is 0.00000132. The zero-order valence-electron chi connectivity index (χ0n) is 13.1. The van der Waals surface area contributed by atoms with Crippen LogP contribution in [-0.2, 0) is 0 Å². The summed E-state index contributed by atoms with van der Waals surface area (Å²) in [6.45, 7) is 6.45. The van der Waals surface area contributed by atoms with Gasteiger partial charge < -0.3 is 10.2 Å². The van der Waals surface area contributed by atoms with Crippen molar-refractivity contribution in [3.05, 3.63) is 40.2 Å². The Bertz CT molecular complexity index is 649. The number of nitrogens with zero attached hydrogens (tertiary/aromatic N) is 2. The maximum Gasteiger partial charge on any atom is 0.256 e. The third-order valence-corrected chi connectivity index (χ3v) is 4.58. The van der Waals surface area contributed by atoms with Crippen molar-refractivity contribution in [3.8, 4) is 11.3 Å². The van der Waals surface area contributed by atoms with Gasteiger partial charge in [-0.15, -0.1) is 24.8 Å². The first-order valence-corrected chi connectivity index (χ1v) is 8.13. The van der Waals surface area contributed by atoms with Gasteiger partial charge in [0.2, 0.25) is 0 Å². The molecule has 1 fully saturated rings. The average molecular weight is 374 g/mol. The number of nitrogens with one attached hydrogen (secondary N) is 1. The summed E-state index contributed by atoms with van der Waals surface area (Å²) in [4.78, 5) is 19.2. The van der Waals surface area contributed by atoms with Crippen molar-refractivity contribution in [2.45, 2.75) is 19.9 Å².